The molecule has 1 heterocycles. The molecule has 0 aromatic heterocycles. The normalized spacial score (nSPS) is 24.4. The number of alkyl halides is 3. The van der Waals surface area contributed by atoms with E-state index in [0.717, 1.165) is 4.47 Å². The number of hydrogen-bond donors (Lipinski definition) is 1. The highest BCUT2D eigenvalue weighted by atomic mass is 79.9. The fourth-order valence-electron chi connectivity index (χ4n) is 1.37. The molecule has 1 atom stereocenters. The number of nitrogens with zero attached hydrogens (tertiary/aromatic N) is 1. The molecule has 1 unspecified atom stereocenters. The van der Waals surface area contributed by atoms with Gasteiger partial charge in [-0.3, -0.25) is 0 Å². The lowest BCUT2D eigenvalue weighted by molar-refractivity contribution is -0.355. The Balaban J connectivity index is 2.20. The van der Waals surface area contributed by atoms with Crippen LogP contribution in [-0.2, 0) is 4.84 Å². The maximum absolute atomic E-state index is 12.4. The molecule has 0 aliphatic carbocycles. The van der Waals surface area contributed by atoms with Gasteiger partial charge in [0.05, 0.1) is 12.1 Å². The van der Waals surface area contributed by atoms with Crippen LogP contribution in [0.1, 0.15) is 12.0 Å². The standard InChI is InChI=1S/C10H7BrF3NO2/c11-7-3-1-6(2-4-7)8-5-9(16,17-15-8)10(12,13)14/h1-4,16H,5H2. The van der Waals surface area contributed by atoms with Crippen LogP contribution in [0, 0.1) is 0 Å². The second-order valence-corrected chi connectivity index (χ2v) is 4.51. The number of aliphatic hydroxyl groups is 1. The molecular formula is C10H7BrF3NO2. The van der Waals surface area contributed by atoms with Crippen LogP contribution in [-0.4, -0.2) is 22.8 Å². The summed E-state index contributed by atoms with van der Waals surface area (Å²) in [6, 6.07) is 6.52. The van der Waals surface area contributed by atoms with E-state index in [1.165, 1.54) is 0 Å². The highest BCUT2D eigenvalue weighted by molar-refractivity contribution is 9.10. The van der Waals surface area contributed by atoms with Gasteiger partial charge in [-0.15, -0.1) is 0 Å². The van der Waals surface area contributed by atoms with Crippen LogP contribution in [0.3, 0.4) is 0 Å². The Hall–Kier alpha value is -1.08. The maximum atomic E-state index is 12.4. The first kappa shape index (κ1) is 12.4. The van der Waals surface area contributed by atoms with E-state index in [2.05, 4.69) is 25.9 Å². The molecular weight excluding hydrogens is 303 g/mol. The molecule has 1 aliphatic heterocycles. The summed E-state index contributed by atoms with van der Waals surface area (Å²) < 4.78 is 38.1. The van der Waals surface area contributed by atoms with Crippen molar-refractivity contribution in [2.75, 3.05) is 0 Å². The second-order valence-electron chi connectivity index (χ2n) is 3.60. The van der Waals surface area contributed by atoms with Gasteiger partial charge in [0.2, 0.25) is 0 Å². The molecule has 2 rings (SSSR count). The molecule has 0 spiro atoms. The van der Waals surface area contributed by atoms with Crippen LogP contribution in [0.25, 0.3) is 0 Å². The third-order valence-corrected chi connectivity index (χ3v) is 2.86. The summed E-state index contributed by atoms with van der Waals surface area (Å²) in [6.07, 6.45) is -5.58. The predicted molar refractivity (Wildman–Crippen MR) is 57.4 cm³/mol. The first-order chi connectivity index (χ1) is 7.82. The van der Waals surface area contributed by atoms with Gasteiger partial charge in [-0.2, -0.15) is 13.2 Å². The Morgan fingerprint density at radius 3 is 2.35 bits per heavy atom. The third-order valence-electron chi connectivity index (χ3n) is 2.33. The third kappa shape index (κ3) is 2.30. The largest absolute Gasteiger partial charge is 0.458 e. The van der Waals surface area contributed by atoms with E-state index in [4.69, 9.17) is 0 Å². The van der Waals surface area contributed by atoms with Crippen LogP contribution in [0.2, 0.25) is 0 Å². The van der Waals surface area contributed by atoms with E-state index < -0.39 is 18.4 Å². The topological polar surface area (TPSA) is 41.8 Å². The van der Waals surface area contributed by atoms with Gasteiger partial charge >= 0.3 is 12.0 Å². The molecule has 1 aromatic rings. The number of hydrogen-bond acceptors (Lipinski definition) is 3. The number of halogens is 4. The SMILES string of the molecule is OC1(C(F)(F)F)CC(c2ccc(Br)cc2)=NO1. The Bertz CT molecular complexity index is 458. The number of oxime groups is 1. The van der Waals surface area contributed by atoms with Crippen molar-refractivity contribution in [1.29, 1.82) is 0 Å². The Labute approximate surface area is 103 Å². The highest BCUT2D eigenvalue weighted by Gasteiger charge is 2.60. The Kier molecular flexibility index (Phi) is 2.90. The fraction of sp³-hybridized carbons (Fsp3) is 0.300. The first-order valence-electron chi connectivity index (χ1n) is 4.62. The Morgan fingerprint density at radius 2 is 1.88 bits per heavy atom. The molecule has 1 aliphatic rings. The van der Waals surface area contributed by atoms with Gasteiger partial charge in [0.15, 0.2) is 0 Å². The number of benzene rings is 1. The molecule has 7 heteroatoms. The smallest absolute Gasteiger partial charge is 0.350 e. The van der Waals surface area contributed by atoms with Crippen LogP contribution in [0.15, 0.2) is 33.9 Å². The molecule has 0 saturated carbocycles. The van der Waals surface area contributed by atoms with Gasteiger partial charge in [-0.1, -0.05) is 33.2 Å². The molecule has 0 radical (unpaired) electrons. The molecule has 1 N–H and O–H groups in total. The summed E-state index contributed by atoms with van der Waals surface area (Å²) in [4.78, 5) is 4.11. The second kappa shape index (κ2) is 3.99. The zero-order valence-electron chi connectivity index (χ0n) is 8.33. The minimum atomic E-state index is -4.87. The van der Waals surface area contributed by atoms with Gasteiger partial charge < -0.3 is 9.94 Å². The lowest BCUT2D eigenvalue weighted by Crippen LogP contribution is -2.45. The van der Waals surface area contributed by atoms with Gasteiger partial charge in [-0.25, -0.2) is 0 Å². The van der Waals surface area contributed by atoms with E-state index >= 15 is 0 Å². The lowest BCUT2D eigenvalue weighted by atomic mass is 10.0. The Morgan fingerprint density at radius 1 is 1.29 bits per heavy atom. The molecule has 0 bridgehead atoms. The summed E-state index contributed by atoms with van der Waals surface area (Å²) >= 11 is 3.21. The van der Waals surface area contributed by atoms with E-state index in [-0.39, 0.29) is 5.71 Å². The minimum absolute atomic E-state index is 0.0670. The van der Waals surface area contributed by atoms with Gasteiger partial charge in [-0.05, 0) is 17.7 Å². The predicted octanol–water partition coefficient (Wildman–Crippen LogP) is 2.82. The zero-order valence-corrected chi connectivity index (χ0v) is 9.92. The highest BCUT2D eigenvalue weighted by Crippen LogP contribution is 2.38. The van der Waals surface area contributed by atoms with Crippen LogP contribution >= 0.6 is 15.9 Å². The van der Waals surface area contributed by atoms with Crippen molar-refractivity contribution in [2.45, 2.75) is 18.4 Å². The molecule has 1 aromatic carbocycles. The quantitative estimate of drug-likeness (QED) is 0.866. The average molecular weight is 310 g/mol. The molecule has 3 nitrogen and oxygen atoms in total. The van der Waals surface area contributed by atoms with Crippen LogP contribution in [0.4, 0.5) is 13.2 Å². The minimum Gasteiger partial charge on any atom is -0.350 e. The van der Waals surface area contributed by atoms with Crippen molar-refractivity contribution in [1.82, 2.24) is 0 Å². The summed E-state index contributed by atoms with van der Waals surface area (Å²) in [5, 5.41) is 12.5. The summed E-state index contributed by atoms with van der Waals surface area (Å²) in [7, 11) is 0. The lowest BCUT2D eigenvalue weighted by Gasteiger charge is -2.22. The van der Waals surface area contributed by atoms with Crippen molar-refractivity contribution < 1.29 is 23.1 Å². The van der Waals surface area contributed by atoms with Crippen molar-refractivity contribution in [2.24, 2.45) is 5.16 Å². The zero-order chi connectivity index (χ0) is 12.7. The molecule has 0 saturated heterocycles. The first-order valence-corrected chi connectivity index (χ1v) is 5.41. The van der Waals surface area contributed by atoms with E-state index in [9.17, 15) is 18.3 Å². The molecule has 17 heavy (non-hydrogen) atoms. The van der Waals surface area contributed by atoms with Gasteiger partial charge in [0, 0.05) is 4.47 Å². The summed E-state index contributed by atoms with van der Waals surface area (Å²) in [6.45, 7) is 0. The van der Waals surface area contributed by atoms with Crippen LogP contribution in [0.5, 0.6) is 0 Å². The fourth-order valence-corrected chi connectivity index (χ4v) is 1.64. The van der Waals surface area contributed by atoms with Crippen molar-refractivity contribution in [3.05, 3.63) is 34.3 Å². The van der Waals surface area contributed by atoms with Crippen molar-refractivity contribution >= 4 is 21.6 Å². The van der Waals surface area contributed by atoms with Gasteiger partial charge in [0.1, 0.15) is 0 Å². The molecule has 0 amide bonds. The van der Waals surface area contributed by atoms with E-state index in [1.54, 1.807) is 24.3 Å². The van der Waals surface area contributed by atoms with Crippen molar-refractivity contribution in [3.63, 3.8) is 0 Å². The molecule has 0 fully saturated rings. The summed E-state index contributed by atoms with van der Waals surface area (Å²) in [5.41, 5.74) is 0.547. The molecule has 92 valence electrons. The van der Waals surface area contributed by atoms with Crippen molar-refractivity contribution in [3.8, 4) is 0 Å². The van der Waals surface area contributed by atoms with E-state index in [0.29, 0.717) is 5.56 Å². The average Bonchev–Trinajstić information content (AvgIpc) is 2.63. The van der Waals surface area contributed by atoms with Gasteiger partial charge in [0.25, 0.3) is 0 Å². The van der Waals surface area contributed by atoms with Crippen LogP contribution < -0.4 is 0 Å². The van der Waals surface area contributed by atoms with E-state index in [1.807, 2.05) is 0 Å². The maximum Gasteiger partial charge on any atom is 0.458 e. The number of rotatable bonds is 1. The monoisotopic (exact) mass is 309 g/mol. The summed E-state index contributed by atoms with van der Waals surface area (Å²) in [5.74, 6) is -3.21.